The van der Waals surface area contributed by atoms with E-state index in [1.165, 1.54) is 12.1 Å². The molecule has 7 nitrogen and oxygen atoms in total. The number of hydrogen-bond acceptors (Lipinski definition) is 6. The first-order valence-corrected chi connectivity index (χ1v) is 12.6. The molecule has 4 aromatic rings. The number of sulfone groups is 1. The van der Waals surface area contributed by atoms with Crippen LogP contribution >= 0.6 is 0 Å². The first-order valence-electron chi connectivity index (χ1n) is 10.7. The molecule has 1 fully saturated rings. The topological polar surface area (TPSA) is 88.2 Å². The number of hydrogen-bond donors (Lipinski definition) is 1. The highest BCUT2D eigenvalue weighted by Crippen LogP contribution is 2.32. The molecule has 0 saturated carbocycles. The summed E-state index contributed by atoms with van der Waals surface area (Å²) in [7, 11) is -3.46. The smallest absolute Gasteiger partial charge is 0.175 e. The Bertz CT molecular complexity index is 1400. The zero-order valence-electron chi connectivity index (χ0n) is 18.0. The quantitative estimate of drug-likeness (QED) is 0.474. The minimum atomic E-state index is -3.46. The Hall–Kier alpha value is -3.46. The van der Waals surface area contributed by atoms with Crippen LogP contribution in [-0.2, 0) is 9.84 Å². The molecule has 2 aromatic carbocycles. The van der Waals surface area contributed by atoms with Crippen molar-refractivity contribution in [2.45, 2.75) is 23.8 Å². The number of ether oxygens (including phenoxy) is 1. The molecule has 5 rings (SSSR count). The predicted molar refractivity (Wildman–Crippen MR) is 125 cm³/mol. The Morgan fingerprint density at radius 1 is 1.09 bits per heavy atom. The van der Waals surface area contributed by atoms with Crippen molar-refractivity contribution in [2.75, 3.05) is 24.2 Å². The van der Waals surface area contributed by atoms with Crippen LogP contribution in [-0.4, -0.2) is 49.0 Å². The van der Waals surface area contributed by atoms with Gasteiger partial charge in [0.2, 0.25) is 0 Å². The van der Waals surface area contributed by atoms with Crippen LogP contribution in [0.2, 0.25) is 0 Å². The van der Waals surface area contributed by atoms with E-state index in [1.807, 2.05) is 30.6 Å². The van der Waals surface area contributed by atoms with Crippen molar-refractivity contribution >= 4 is 26.4 Å². The van der Waals surface area contributed by atoms with Crippen LogP contribution in [0, 0.1) is 5.82 Å². The predicted octanol–water partition coefficient (Wildman–Crippen LogP) is 4.22. The minimum absolute atomic E-state index is 0.0541. The monoisotopic (exact) mass is 466 g/mol. The average molecular weight is 467 g/mol. The lowest BCUT2D eigenvalue weighted by Crippen LogP contribution is -2.38. The third-order valence-electron chi connectivity index (χ3n) is 5.96. The van der Waals surface area contributed by atoms with Gasteiger partial charge in [-0.25, -0.2) is 12.8 Å². The second kappa shape index (κ2) is 8.47. The van der Waals surface area contributed by atoms with Gasteiger partial charge < -0.3 is 9.64 Å². The normalized spacial score (nSPS) is 15.2. The lowest BCUT2D eigenvalue weighted by atomic mass is 10.0. The number of anilines is 1. The average Bonchev–Trinajstić information content (AvgIpc) is 3.35. The van der Waals surface area contributed by atoms with Gasteiger partial charge in [-0.1, -0.05) is 6.07 Å². The number of aromatic nitrogens is 3. The van der Waals surface area contributed by atoms with Crippen molar-refractivity contribution in [3.63, 3.8) is 0 Å². The van der Waals surface area contributed by atoms with Gasteiger partial charge in [0.05, 0.1) is 16.6 Å². The van der Waals surface area contributed by atoms with Gasteiger partial charge in [-0.15, -0.1) is 0 Å². The first kappa shape index (κ1) is 21.4. The number of aromatic amines is 1. The second-order valence-electron chi connectivity index (χ2n) is 8.22. The van der Waals surface area contributed by atoms with E-state index >= 15 is 0 Å². The molecule has 0 spiro atoms. The highest BCUT2D eigenvalue weighted by Gasteiger charge is 2.23. The van der Waals surface area contributed by atoms with Crippen molar-refractivity contribution in [2.24, 2.45) is 0 Å². The molecule has 0 aliphatic carbocycles. The number of pyridine rings is 1. The fourth-order valence-electron chi connectivity index (χ4n) is 4.20. The number of rotatable bonds is 5. The van der Waals surface area contributed by atoms with Gasteiger partial charge >= 0.3 is 0 Å². The SMILES string of the molecule is CS(=O)(=O)c1ccc(OC2CCN(c3ccnc4ccc(-c5cn[nH]c5)cc34)CC2)c(F)c1. The summed E-state index contributed by atoms with van der Waals surface area (Å²) in [5.41, 5.74) is 4.11. The molecule has 9 heteroatoms. The van der Waals surface area contributed by atoms with Crippen LogP contribution in [0.25, 0.3) is 22.0 Å². The standard InChI is InChI=1S/C24H23FN4O3S/c1-33(30,31)19-3-5-24(21(25)13-19)32-18-7-10-29(11-8-18)23-6-9-26-22-4-2-16(12-20(22)23)17-14-27-28-15-17/h2-6,9,12-15,18H,7-8,10-11H2,1H3,(H,27,28). The van der Waals surface area contributed by atoms with E-state index in [2.05, 4.69) is 26.1 Å². The Morgan fingerprint density at radius 3 is 2.61 bits per heavy atom. The van der Waals surface area contributed by atoms with Gasteiger partial charge in [0.15, 0.2) is 21.4 Å². The van der Waals surface area contributed by atoms with E-state index < -0.39 is 15.7 Å². The van der Waals surface area contributed by atoms with Crippen molar-refractivity contribution in [1.82, 2.24) is 15.2 Å². The molecule has 1 aliphatic rings. The van der Waals surface area contributed by atoms with Crippen molar-refractivity contribution in [3.05, 3.63) is 66.9 Å². The first-order chi connectivity index (χ1) is 15.9. The fourth-order valence-corrected chi connectivity index (χ4v) is 4.83. The summed E-state index contributed by atoms with van der Waals surface area (Å²) in [6, 6.07) is 12.0. The van der Waals surface area contributed by atoms with Crippen LogP contribution in [0.3, 0.4) is 0 Å². The number of H-pyrrole nitrogens is 1. The molecular weight excluding hydrogens is 443 g/mol. The van der Waals surface area contributed by atoms with Crippen LogP contribution < -0.4 is 9.64 Å². The lowest BCUT2D eigenvalue weighted by Gasteiger charge is -2.34. The molecule has 0 amide bonds. The Balaban J connectivity index is 1.32. The van der Waals surface area contributed by atoms with Gasteiger partial charge in [0.1, 0.15) is 6.10 Å². The summed E-state index contributed by atoms with van der Waals surface area (Å²) in [4.78, 5) is 6.75. The van der Waals surface area contributed by atoms with E-state index in [-0.39, 0.29) is 16.7 Å². The molecule has 1 aliphatic heterocycles. The molecule has 0 bridgehead atoms. The van der Waals surface area contributed by atoms with Crippen LogP contribution in [0.5, 0.6) is 5.75 Å². The number of nitrogens with one attached hydrogen (secondary N) is 1. The molecule has 3 heterocycles. The van der Waals surface area contributed by atoms with Crippen LogP contribution in [0.4, 0.5) is 10.1 Å². The maximum atomic E-state index is 14.4. The number of fused-ring (bicyclic) bond motifs is 1. The van der Waals surface area contributed by atoms with E-state index in [9.17, 15) is 12.8 Å². The van der Waals surface area contributed by atoms with E-state index in [1.54, 1.807) is 6.20 Å². The summed E-state index contributed by atoms with van der Waals surface area (Å²) in [5.74, 6) is -0.577. The van der Waals surface area contributed by atoms with E-state index in [0.717, 1.165) is 66.0 Å². The largest absolute Gasteiger partial charge is 0.487 e. The molecular formula is C24H23FN4O3S. The number of nitrogens with zero attached hydrogens (tertiary/aromatic N) is 3. The van der Waals surface area contributed by atoms with Crippen molar-refractivity contribution < 1.29 is 17.5 Å². The third kappa shape index (κ3) is 4.41. The summed E-state index contributed by atoms with van der Waals surface area (Å²) < 4.78 is 43.5. The highest BCUT2D eigenvalue weighted by molar-refractivity contribution is 7.90. The van der Waals surface area contributed by atoms with Crippen molar-refractivity contribution in [1.29, 1.82) is 0 Å². The summed E-state index contributed by atoms with van der Waals surface area (Å²) in [5, 5.41) is 7.95. The summed E-state index contributed by atoms with van der Waals surface area (Å²) in [6.07, 6.45) is 7.82. The van der Waals surface area contributed by atoms with Crippen LogP contribution in [0.15, 0.2) is 66.0 Å². The zero-order valence-corrected chi connectivity index (χ0v) is 18.8. The molecule has 2 aromatic heterocycles. The fraction of sp³-hybridized carbons (Fsp3) is 0.250. The number of piperidine rings is 1. The summed E-state index contributed by atoms with van der Waals surface area (Å²) in [6.45, 7) is 1.51. The van der Waals surface area contributed by atoms with Gasteiger partial charge in [0, 0.05) is 61.2 Å². The molecule has 170 valence electrons. The number of halogens is 1. The Kier molecular flexibility index (Phi) is 5.49. The maximum absolute atomic E-state index is 14.4. The maximum Gasteiger partial charge on any atom is 0.175 e. The molecule has 33 heavy (non-hydrogen) atoms. The molecule has 1 saturated heterocycles. The lowest BCUT2D eigenvalue weighted by molar-refractivity contribution is 0.164. The van der Waals surface area contributed by atoms with Crippen molar-refractivity contribution in [3.8, 4) is 16.9 Å². The zero-order chi connectivity index (χ0) is 23.0. The molecule has 0 radical (unpaired) electrons. The van der Waals surface area contributed by atoms with E-state index in [0.29, 0.717) is 0 Å². The Labute approximate surface area is 191 Å². The van der Waals surface area contributed by atoms with Gasteiger partial charge in [0.25, 0.3) is 0 Å². The molecule has 1 N–H and O–H groups in total. The van der Waals surface area contributed by atoms with Gasteiger partial charge in [-0.3, -0.25) is 10.1 Å². The van der Waals surface area contributed by atoms with Gasteiger partial charge in [-0.05, 0) is 42.0 Å². The summed E-state index contributed by atoms with van der Waals surface area (Å²) >= 11 is 0. The molecule has 0 atom stereocenters. The number of benzene rings is 2. The second-order valence-corrected chi connectivity index (χ2v) is 10.2. The minimum Gasteiger partial charge on any atom is -0.487 e. The van der Waals surface area contributed by atoms with Gasteiger partial charge in [-0.2, -0.15) is 5.10 Å². The third-order valence-corrected chi connectivity index (χ3v) is 7.07. The highest BCUT2D eigenvalue weighted by atomic mass is 32.2. The van der Waals surface area contributed by atoms with E-state index in [4.69, 9.17) is 4.74 Å². The Morgan fingerprint density at radius 2 is 1.91 bits per heavy atom. The molecule has 0 unspecified atom stereocenters. The van der Waals surface area contributed by atoms with Crippen LogP contribution in [0.1, 0.15) is 12.8 Å².